The molecular formula is C13H28MnO+2. The van der Waals surface area contributed by atoms with Crippen molar-refractivity contribution >= 4 is 0 Å². The van der Waals surface area contributed by atoms with Crippen LogP contribution in [0.25, 0.3) is 0 Å². The van der Waals surface area contributed by atoms with Crippen LogP contribution in [0.4, 0.5) is 0 Å². The van der Waals surface area contributed by atoms with Gasteiger partial charge in [-0.3, -0.25) is 0 Å². The van der Waals surface area contributed by atoms with Crippen molar-refractivity contribution in [2.45, 2.75) is 77.6 Å². The number of unbranched alkanes of at least 4 members (excludes halogenated alkanes) is 10. The molecule has 0 spiro atoms. The van der Waals surface area contributed by atoms with Gasteiger partial charge in [0.2, 0.25) is 0 Å². The maximum Gasteiger partial charge on any atom is 2.00 e. The van der Waals surface area contributed by atoms with Gasteiger partial charge >= 0.3 is 17.1 Å². The van der Waals surface area contributed by atoms with Crippen LogP contribution >= 0.6 is 0 Å². The molecule has 0 aliphatic carbocycles. The molecule has 0 rings (SSSR count). The molecule has 0 saturated carbocycles. The Kier molecular flexibility index (Phi) is 20.1. The molecule has 1 radical (unpaired) electrons. The maximum absolute atomic E-state index is 8.59. The van der Waals surface area contributed by atoms with Crippen molar-refractivity contribution in [3.63, 3.8) is 0 Å². The number of rotatable bonds is 11. The predicted molar refractivity (Wildman–Crippen MR) is 63.5 cm³/mol. The zero-order valence-corrected chi connectivity index (χ0v) is 11.5. The van der Waals surface area contributed by atoms with Gasteiger partial charge in [-0.1, -0.05) is 71.1 Å². The second-order valence-corrected chi connectivity index (χ2v) is 4.26. The summed E-state index contributed by atoms with van der Waals surface area (Å²) in [6, 6.07) is 0. The molecule has 0 aromatic heterocycles. The molecule has 0 aliphatic rings. The number of hydrogen-bond donors (Lipinski definition) is 1. The molecule has 0 amide bonds. The standard InChI is InChI=1S/C13H28O.Mn/c1-2-3-4-5-6-7-8-9-10-11-12-13-14;/h14H,2-13H2,1H3;/q;+2. The molecule has 0 heterocycles. The van der Waals surface area contributed by atoms with Crippen molar-refractivity contribution in [3.8, 4) is 0 Å². The van der Waals surface area contributed by atoms with Crippen molar-refractivity contribution in [1.82, 2.24) is 0 Å². The van der Waals surface area contributed by atoms with Crippen LogP contribution in [0.3, 0.4) is 0 Å². The molecule has 0 atom stereocenters. The average Bonchev–Trinajstić information content (AvgIpc) is 2.21. The predicted octanol–water partition coefficient (Wildman–Crippen LogP) is 4.29. The Balaban J connectivity index is 0. The van der Waals surface area contributed by atoms with E-state index in [1.54, 1.807) is 0 Å². The Morgan fingerprint density at radius 3 is 1.27 bits per heavy atom. The van der Waals surface area contributed by atoms with Crippen LogP contribution in [-0.4, -0.2) is 11.7 Å². The minimum absolute atomic E-state index is 0. The zero-order valence-electron chi connectivity index (χ0n) is 10.3. The van der Waals surface area contributed by atoms with Crippen molar-refractivity contribution < 1.29 is 22.2 Å². The van der Waals surface area contributed by atoms with E-state index < -0.39 is 0 Å². The molecular weight excluding hydrogens is 227 g/mol. The summed E-state index contributed by atoms with van der Waals surface area (Å²) < 4.78 is 0. The molecule has 0 fully saturated rings. The molecule has 1 N–H and O–H groups in total. The quantitative estimate of drug-likeness (QED) is 0.431. The van der Waals surface area contributed by atoms with Crippen molar-refractivity contribution in [2.24, 2.45) is 0 Å². The van der Waals surface area contributed by atoms with Gasteiger partial charge in [-0.25, -0.2) is 0 Å². The maximum atomic E-state index is 8.59. The monoisotopic (exact) mass is 255 g/mol. The van der Waals surface area contributed by atoms with Crippen LogP contribution in [0.1, 0.15) is 77.6 Å². The molecule has 0 aromatic rings. The van der Waals surface area contributed by atoms with Crippen LogP contribution in [0.5, 0.6) is 0 Å². The molecule has 2 heteroatoms. The first-order valence-corrected chi connectivity index (χ1v) is 6.52. The summed E-state index contributed by atoms with van der Waals surface area (Å²) in [6.45, 7) is 2.64. The fraction of sp³-hybridized carbons (Fsp3) is 1.00. The molecule has 0 aromatic carbocycles. The first kappa shape index (κ1) is 17.9. The van der Waals surface area contributed by atoms with E-state index in [0.717, 1.165) is 6.42 Å². The van der Waals surface area contributed by atoms with Gasteiger partial charge in [0.05, 0.1) is 0 Å². The third-order valence-corrected chi connectivity index (χ3v) is 2.76. The topological polar surface area (TPSA) is 20.2 Å². The Hall–Kier alpha value is 0.479. The van der Waals surface area contributed by atoms with E-state index in [1.807, 2.05) is 0 Å². The Morgan fingerprint density at radius 1 is 0.600 bits per heavy atom. The number of hydrogen-bond acceptors (Lipinski definition) is 1. The second kappa shape index (κ2) is 16.9. The van der Waals surface area contributed by atoms with Gasteiger partial charge in [0.15, 0.2) is 0 Å². The third kappa shape index (κ3) is 17.1. The summed E-state index contributed by atoms with van der Waals surface area (Å²) in [7, 11) is 0. The van der Waals surface area contributed by atoms with Gasteiger partial charge in [-0.2, -0.15) is 0 Å². The Morgan fingerprint density at radius 2 is 0.933 bits per heavy atom. The van der Waals surface area contributed by atoms with Gasteiger partial charge in [-0.05, 0) is 6.42 Å². The minimum atomic E-state index is 0. The molecule has 91 valence electrons. The average molecular weight is 255 g/mol. The van der Waals surface area contributed by atoms with E-state index in [0.29, 0.717) is 6.61 Å². The van der Waals surface area contributed by atoms with Gasteiger partial charge in [-0.15, -0.1) is 0 Å². The first-order valence-electron chi connectivity index (χ1n) is 6.52. The first-order chi connectivity index (χ1) is 6.91. The molecule has 0 saturated heterocycles. The smallest absolute Gasteiger partial charge is 0.396 e. The SMILES string of the molecule is CCCCCCCCCCCCCO.[Mn+2]. The molecule has 0 unspecified atom stereocenters. The summed E-state index contributed by atoms with van der Waals surface area (Å²) in [4.78, 5) is 0. The van der Waals surface area contributed by atoms with E-state index in [1.165, 1.54) is 64.2 Å². The van der Waals surface area contributed by atoms with E-state index in [2.05, 4.69) is 6.92 Å². The van der Waals surface area contributed by atoms with Gasteiger partial charge in [0.1, 0.15) is 0 Å². The largest absolute Gasteiger partial charge is 2.00 e. The van der Waals surface area contributed by atoms with Crippen LogP contribution < -0.4 is 0 Å². The fourth-order valence-electron chi connectivity index (χ4n) is 1.78. The second-order valence-electron chi connectivity index (χ2n) is 4.26. The van der Waals surface area contributed by atoms with E-state index >= 15 is 0 Å². The minimum Gasteiger partial charge on any atom is -0.396 e. The normalized spacial score (nSPS) is 10.0. The molecule has 0 bridgehead atoms. The van der Waals surface area contributed by atoms with Crippen LogP contribution in [0.15, 0.2) is 0 Å². The number of aliphatic hydroxyl groups is 1. The van der Waals surface area contributed by atoms with Crippen molar-refractivity contribution in [2.75, 3.05) is 6.61 Å². The van der Waals surface area contributed by atoms with Crippen LogP contribution in [0.2, 0.25) is 0 Å². The number of aliphatic hydroxyl groups excluding tert-OH is 1. The fourth-order valence-corrected chi connectivity index (χ4v) is 1.78. The Bertz CT molecular complexity index is 84.5. The molecule has 1 nitrogen and oxygen atoms in total. The summed E-state index contributed by atoms with van der Waals surface area (Å²) in [6.07, 6.45) is 14.8. The van der Waals surface area contributed by atoms with Crippen LogP contribution in [-0.2, 0) is 17.1 Å². The Labute approximate surface area is 107 Å². The van der Waals surface area contributed by atoms with Crippen LogP contribution in [0, 0.1) is 0 Å². The summed E-state index contributed by atoms with van der Waals surface area (Å²) in [5, 5.41) is 8.59. The van der Waals surface area contributed by atoms with Gasteiger partial charge in [0, 0.05) is 6.61 Å². The van der Waals surface area contributed by atoms with Crippen molar-refractivity contribution in [1.29, 1.82) is 0 Å². The molecule has 15 heavy (non-hydrogen) atoms. The third-order valence-electron chi connectivity index (χ3n) is 2.76. The molecule has 0 aliphatic heterocycles. The van der Waals surface area contributed by atoms with E-state index in [9.17, 15) is 0 Å². The van der Waals surface area contributed by atoms with E-state index in [-0.39, 0.29) is 17.1 Å². The van der Waals surface area contributed by atoms with Crippen molar-refractivity contribution in [3.05, 3.63) is 0 Å². The summed E-state index contributed by atoms with van der Waals surface area (Å²) >= 11 is 0. The van der Waals surface area contributed by atoms with E-state index in [4.69, 9.17) is 5.11 Å². The van der Waals surface area contributed by atoms with Gasteiger partial charge in [0.25, 0.3) is 0 Å². The summed E-state index contributed by atoms with van der Waals surface area (Å²) in [5.74, 6) is 0. The van der Waals surface area contributed by atoms with Gasteiger partial charge < -0.3 is 5.11 Å². The summed E-state index contributed by atoms with van der Waals surface area (Å²) in [5.41, 5.74) is 0. The zero-order chi connectivity index (χ0) is 10.5.